The van der Waals surface area contributed by atoms with Gasteiger partial charge in [-0.15, -0.1) is 0 Å². The van der Waals surface area contributed by atoms with Crippen molar-refractivity contribution in [2.24, 2.45) is 0 Å². The van der Waals surface area contributed by atoms with Gasteiger partial charge in [0.25, 0.3) is 0 Å². The van der Waals surface area contributed by atoms with E-state index in [0.29, 0.717) is 17.0 Å². The maximum absolute atomic E-state index is 12.4. The van der Waals surface area contributed by atoms with Gasteiger partial charge in [0.2, 0.25) is 0 Å². The Kier molecular flexibility index (Phi) is 4.41. The van der Waals surface area contributed by atoms with Crippen LogP contribution in [-0.4, -0.2) is 18.4 Å². The molecule has 0 atom stereocenters. The number of carbonyl (C=O) groups excluding carboxylic acids is 1. The topological polar surface area (TPSA) is 29.1 Å². The highest BCUT2D eigenvalue weighted by atomic mass is 35.5. The maximum atomic E-state index is 12.4. The molecule has 0 bridgehead atoms. The van der Waals surface area contributed by atoms with E-state index in [2.05, 4.69) is 5.32 Å². The van der Waals surface area contributed by atoms with E-state index in [0.717, 1.165) is 12.8 Å². The smallest absolute Gasteiger partial charge is 0.166 e. The van der Waals surface area contributed by atoms with Crippen LogP contribution in [0.5, 0.6) is 0 Å². The number of halogens is 1. The first-order valence-electron chi connectivity index (χ1n) is 6.63. The van der Waals surface area contributed by atoms with Gasteiger partial charge in [-0.2, -0.15) is 0 Å². The molecule has 98 valence electrons. The van der Waals surface area contributed by atoms with Crippen molar-refractivity contribution in [3.8, 4) is 0 Å². The molecule has 0 radical (unpaired) electrons. The minimum absolute atomic E-state index is 0.0193. The van der Waals surface area contributed by atoms with Crippen LogP contribution in [0.25, 0.3) is 0 Å². The Balaban J connectivity index is 2.13. The highest BCUT2D eigenvalue weighted by Gasteiger charge is 2.33. The van der Waals surface area contributed by atoms with Gasteiger partial charge >= 0.3 is 0 Å². The van der Waals surface area contributed by atoms with E-state index in [9.17, 15) is 4.79 Å². The van der Waals surface area contributed by atoms with Gasteiger partial charge < -0.3 is 5.32 Å². The molecule has 0 aromatic heterocycles. The fraction of sp³-hybridized carbons (Fsp3) is 0.533. The minimum atomic E-state index is -0.0193. The number of nitrogens with one attached hydrogen (secondary N) is 1. The Hall–Kier alpha value is -0.860. The zero-order valence-corrected chi connectivity index (χ0v) is 11.6. The van der Waals surface area contributed by atoms with Gasteiger partial charge in [-0.25, -0.2) is 0 Å². The van der Waals surface area contributed by atoms with E-state index in [-0.39, 0.29) is 11.3 Å². The van der Waals surface area contributed by atoms with E-state index >= 15 is 0 Å². The van der Waals surface area contributed by atoms with Crippen LogP contribution in [0.15, 0.2) is 24.3 Å². The lowest BCUT2D eigenvalue weighted by atomic mass is 9.77. The largest absolute Gasteiger partial charge is 0.314 e. The summed E-state index contributed by atoms with van der Waals surface area (Å²) >= 11 is 6.08. The Morgan fingerprint density at radius 3 is 2.56 bits per heavy atom. The Morgan fingerprint density at radius 1 is 1.28 bits per heavy atom. The van der Waals surface area contributed by atoms with Crippen LogP contribution in [0, 0.1) is 0 Å². The Bertz CT molecular complexity index is 424. The monoisotopic (exact) mass is 265 g/mol. The van der Waals surface area contributed by atoms with Gasteiger partial charge in [0.15, 0.2) is 5.78 Å². The molecule has 2 nitrogen and oxygen atoms in total. The third kappa shape index (κ3) is 2.93. The summed E-state index contributed by atoms with van der Waals surface area (Å²) in [5, 5.41) is 3.93. The van der Waals surface area contributed by atoms with Crippen molar-refractivity contribution >= 4 is 17.4 Å². The zero-order chi connectivity index (χ0) is 13.0. The number of benzene rings is 1. The van der Waals surface area contributed by atoms with Gasteiger partial charge in [0, 0.05) is 17.5 Å². The van der Waals surface area contributed by atoms with Crippen molar-refractivity contribution in [2.75, 3.05) is 7.05 Å². The summed E-state index contributed by atoms with van der Waals surface area (Å²) in [4.78, 5) is 12.4. The predicted molar refractivity (Wildman–Crippen MR) is 75.3 cm³/mol. The van der Waals surface area contributed by atoms with Crippen LogP contribution in [0.3, 0.4) is 0 Å². The second-order valence-corrected chi connectivity index (χ2v) is 5.58. The number of ketones is 1. The first kappa shape index (κ1) is 13.6. The van der Waals surface area contributed by atoms with E-state index < -0.39 is 0 Å². The molecular formula is C15H20ClNO. The number of hydrogen-bond donors (Lipinski definition) is 1. The fourth-order valence-electron chi connectivity index (χ4n) is 2.83. The molecule has 2 rings (SSSR count). The summed E-state index contributed by atoms with van der Waals surface area (Å²) in [6.07, 6.45) is 6.41. The number of rotatable bonds is 4. The summed E-state index contributed by atoms with van der Waals surface area (Å²) in [6.45, 7) is 0. The third-order valence-electron chi connectivity index (χ3n) is 4.01. The van der Waals surface area contributed by atoms with Crippen molar-refractivity contribution < 1.29 is 4.79 Å². The van der Waals surface area contributed by atoms with Crippen molar-refractivity contribution in [2.45, 2.75) is 44.1 Å². The number of Topliss-reactive ketones (excluding diaryl/α,β-unsaturated/α-hetero) is 1. The lowest BCUT2D eigenvalue weighted by Gasteiger charge is -2.36. The van der Waals surface area contributed by atoms with Crippen LogP contribution in [0.1, 0.15) is 48.9 Å². The summed E-state index contributed by atoms with van der Waals surface area (Å²) < 4.78 is 0. The standard InChI is InChI=1S/C15H20ClNO/c1-17-15(9-5-2-6-10-15)11-14(18)12-7-3-4-8-13(12)16/h3-4,7-8,17H,2,5-6,9-11H2,1H3. The average Bonchev–Trinajstić information content (AvgIpc) is 2.40. The van der Waals surface area contributed by atoms with Crippen molar-refractivity contribution in [1.82, 2.24) is 5.32 Å². The minimum Gasteiger partial charge on any atom is -0.314 e. The second kappa shape index (κ2) is 5.85. The first-order chi connectivity index (χ1) is 8.67. The van der Waals surface area contributed by atoms with Crippen LogP contribution in [-0.2, 0) is 0 Å². The molecule has 1 saturated carbocycles. The van der Waals surface area contributed by atoms with Crippen LogP contribution >= 0.6 is 11.6 Å². The molecule has 1 aliphatic carbocycles. The van der Waals surface area contributed by atoms with Gasteiger partial charge in [0.05, 0.1) is 5.02 Å². The SMILES string of the molecule is CNC1(CC(=O)c2ccccc2Cl)CCCCC1. The quantitative estimate of drug-likeness (QED) is 0.838. The van der Waals surface area contributed by atoms with Gasteiger partial charge in [-0.1, -0.05) is 43.0 Å². The molecule has 0 heterocycles. The molecule has 1 N–H and O–H groups in total. The van der Waals surface area contributed by atoms with Gasteiger partial charge in [-0.05, 0) is 32.0 Å². The number of carbonyl (C=O) groups is 1. The zero-order valence-electron chi connectivity index (χ0n) is 10.8. The number of hydrogen-bond acceptors (Lipinski definition) is 2. The summed E-state index contributed by atoms with van der Waals surface area (Å²) in [7, 11) is 1.96. The molecule has 0 amide bonds. The average molecular weight is 266 g/mol. The van der Waals surface area contributed by atoms with Crippen molar-refractivity contribution in [3.05, 3.63) is 34.9 Å². The molecular weight excluding hydrogens is 246 g/mol. The normalized spacial score (nSPS) is 18.6. The molecule has 0 spiro atoms. The van der Waals surface area contributed by atoms with Crippen molar-refractivity contribution in [3.63, 3.8) is 0 Å². The Labute approximate surface area is 114 Å². The van der Waals surface area contributed by atoms with E-state index in [4.69, 9.17) is 11.6 Å². The second-order valence-electron chi connectivity index (χ2n) is 5.17. The first-order valence-corrected chi connectivity index (χ1v) is 7.01. The summed E-state index contributed by atoms with van der Waals surface area (Å²) in [5.41, 5.74) is 0.633. The Morgan fingerprint density at radius 2 is 1.94 bits per heavy atom. The third-order valence-corrected chi connectivity index (χ3v) is 4.34. The van der Waals surface area contributed by atoms with E-state index in [1.807, 2.05) is 25.2 Å². The van der Waals surface area contributed by atoms with Gasteiger partial charge in [0.1, 0.15) is 0 Å². The maximum Gasteiger partial charge on any atom is 0.166 e. The molecule has 1 aromatic rings. The van der Waals surface area contributed by atoms with E-state index in [1.54, 1.807) is 6.07 Å². The van der Waals surface area contributed by atoms with Crippen LogP contribution in [0.4, 0.5) is 0 Å². The molecule has 1 fully saturated rings. The van der Waals surface area contributed by atoms with E-state index in [1.165, 1.54) is 19.3 Å². The lowest BCUT2D eigenvalue weighted by molar-refractivity contribution is 0.0915. The predicted octanol–water partition coefficient (Wildman–Crippen LogP) is 3.84. The van der Waals surface area contributed by atoms with Crippen molar-refractivity contribution in [1.29, 1.82) is 0 Å². The van der Waals surface area contributed by atoms with Gasteiger partial charge in [-0.3, -0.25) is 4.79 Å². The summed E-state index contributed by atoms with van der Waals surface area (Å²) in [5.74, 6) is 0.150. The molecule has 0 unspecified atom stereocenters. The lowest BCUT2D eigenvalue weighted by Crippen LogP contribution is -2.46. The molecule has 1 aliphatic rings. The highest BCUT2D eigenvalue weighted by molar-refractivity contribution is 6.34. The van der Waals surface area contributed by atoms with Crippen LogP contribution in [0.2, 0.25) is 5.02 Å². The summed E-state index contributed by atoms with van der Waals surface area (Å²) in [6, 6.07) is 7.32. The highest BCUT2D eigenvalue weighted by Crippen LogP contribution is 2.32. The molecule has 0 aliphatic heterocycles. The molecule has 0 saturated heterocycles. The molecule has 3 heteroatoms. The molecule has 18 heavy (non-hydrogen) atoms. The van der Waals surface area contributed by atoms with Crippen LogP contribution < -0.4 is 5.32 Å². The molecule has 1 aromatic carbocycles. The fourth-order valence-corrected chi connectivity index (χ4v) is 3.07.